The molecular weight excluding hydrogens is 394 g/mol. The highest BCUT2D eigenvalue weighted by molar-refractivity contribution is 6.15. The van der Waals surface area contributed by atoms with E-state index in [1.54, 1.807) is 36.5 Å². The van der Waals surface area contributed by atoms with Crippen molar-refractivity contribution in [2.24, 2.45) is 0 Å². The lowest BCUT2D eigenvalue weighted by Gasteiger charge is -2.27. The minimum atomic E-state index is -0.325. The molecule has 0 saturated carbocycles. The number of hydrogen-bond donors (Lipinski definition) is 0. The van der Waals surface area contributed by atoms with E-state index in [1.165, 1.54) is 6.26 Å². The number of aromatic nitrogens is 1. The van der Waals surface area contributed by atoms with Gasteiger partial charge in [0.1, 0.15) is 17.3 Å². The lowest BCUT2D eigenvalue weighted by atomic mass is 9.83. The zero-order valence-corrected chi connectivity index (χ0v) is 16.2. The van der Waals surface area contributed by atoms with E-state index in [-0.39, 0.29) is 29.9 Å². The number of nitrogens with zero attached hydrogens (tertiary/aromatic N) is 1. The van der Waals surface area contributed by atoms with Crippen LogP contribution in [0.1, 0.15) is 39.6 Å². The molecule has 0 fully saturated rings. The summed E-state index contributed by atoms with van der Waals surface area (Å²) in [6, 6.07) is 16.5. The van der Waals surface area contributed by atoms with E-state index < -0.39 is 0 Å². The van der Waals surface area contributed by atoms with Crippen LogP contribution in [-0.2, 0) is 4.79 Å². The minimum Gasteiger partial charge on any atom is -0.465 e. The first kappa shape index (κ1) is 17.7. The predicted octanol–water partition coefficient (Wildman–Crippen LogP) is 4.89. The van der Waals surface area contributed by atoms with Crippen LogP contribution in [0.2, 0.25) is 0 Å². The number of para-hydroxylation sites is 1. The molecule has 2 aliphatic rings. The zero-order chi connectivity index (χ0) is 20.9. The molecule has 1 unspecified atom stereocenters. The molecular formula is C25H15NO5. The Bertz CT molecular complexity index is 1400. The van der Waals surface area contributed by atoms with Gasteiger partial charge in [0.25, 0.3) is 0 Å². The molecule has 0 saturated heterocycles. The van der Waals surface area contributed by atoms with Crippen molar-refractivity contribution in [3.05, 3.63) is 95.3 Å². The molecule has 0 radical (unpaired) electrons. The van der Waals surface area contributed by atoms with Gasteiger partial charge in [-0.1, -0.05) is 18.2 Å². The first-order valence-corrected chi connectivity index (χ1v) is 9.88. The Morgan fingerprint density at radius 2 is 1.87 bits per heavy atom. The maximum atomic E-state index is 13.0. The van der Waals surface area contributed by atoms with Crippen LogP contribution >= 0.6 is 0 Å². The van der Waals surface area contributed by atoms with Crippen LogP contribution in [0.15, 0.2) is 77.2 Å². The third-order valence-corrected chi connectivity index (χ3v) is 5.65. The normalized spacial score (nSPS) is 18.6. The highest BCUT2D eigenvalue weighted by Crippen LogP contribution is 2.49. The van der Waals surface area contributed by atoms with Gasteiger partial charge in [0, 0.05) is 29.1 Å². The Labute approximate surface area is 176 Å². The smallest absolute Gasteiger partial charge is 0.312 e. The number of pyridine rings is 1. The number of ether oxygens (including phenoxy) is 2. The fourth-order valence-corrected chi connectivity index (χ4v) is 4.30. The molecule has 150 valence electrons. The summed E-state index contributed by atoms with van der Waals surface area (Å²) in [6.07, 6.45) is 4.98. The van der Waals surface area contributed by atoms with Crippen LogP contribution in [0.3, 0.4) is 0 Å². The fourth-order valence-electron chi connectivity index (χ4n) is 4.30. The largest absolute Gasteiger partial charge is 0.465 e. The standard InChI is InChI=1S/C25H15NO5/c27-22-13-18(15-9-10-26-19-6-2-1-5-16(15)19)23-20(30-22)8-7-17-24(28)21(31-25(17)23)12-14-4-3-11-29-14/h1-12,18H,13H2/b21-12-. The SMILES string of the molecule is O=C1CC(c2ccnc3ccccc23)c2c(ccc3c2O/C(=C\c2ccco2)C3=O)O1. The second-order valence-corrected chi connectivity index (χ2v) is 7.46. The third-order valence-electron chi connectivity index (χ3n) is 5.65. The number of carbonyl (C=O) groups is 2. The topological polar surface area (TPSA) is 78.6 Å². The third kappa shape index (κ3) is 2.76. The van der Waals surface area contributed by atoms with Gasteiger partial charge in [0.2, 0.25) is 5.78 Å². The number of ketones is 1. The number of benzene rings is 2. The summed E-state index contributed by atoms with van der Waals surface area (Å²) in [7, 11) is 0. The van der Waals surface area contributed by atoms with Crippen molar-refractivity contribution in [3.8, 4) is 11.5 Å². The maximum absolute atomic E-state index is 13.0. The molecule has 0 N–H and O–H groups in total. The van der Waals surface area contributed by atoms with Gasteiger partial charge in [-0.25, -0.2) is 0 Å². The number of rotatable bonds is 2. The maximum Gasteiger partial charge on any atom is 0.312 e. The molecule has 0 bridgehead atoms. The number of Topliss-reactive ketones (excluding diaryl/α,β-unsaturated/α-hetero) is 1. The summed E-state index contributed by atoms with van der Waals surface area (Å²) in [4.78, 5) is 29.8. The van der Waals surface area contributed by atoms with Gasteiger partial charge >= 0.3 is 5.97 Å². The van der Waals surface area contributed by atoms with Gasteiger partial charge in [-0.3, -0.25) is 14.6 Å². The van der Waals surface area contributed by atoms with Crippen molar-refractivity contribution in [3.63, 3.8) is 0 Å². The molecule has 2 aromatic carbocycles. The van der Waals surface area contributed by atoms with Crippen molar-refractivity contribution in [1.29, 1.82) is 0 Å². The average Bonchev–Trinajstić information content (AvgIpc) is 3.41. The van der Waals surface area contributed by atoms with Gasteiger partial charge in [-0.2, -0.15) is 0 Å². The van der Waals surface area contributed by atoms with Crippen molar-refractivity contribution >= 4 is 28.7 Å². The number of fused-ring (bicyclic) bond motifs is 4. The molecule has 31 heavy (non-hydrogen) atoms. The molecule has 1 atom stereocenters. The van der Waals surface area contributed by atoms with Crippen LogP contribution in [0, 0.1) is 0 Å². The van der Waals surface area contributed by atoms with Crippen LogP contribution < -0.4 is 9.47 Å². The Morgan fingerprint density at radius 3 is 2.74 bits per heavy atom. The fraction of sp³-hybridized carbons (Fsp3) is 0.0800. The van der Waals surface area contributed by atoms with Crippen LogP contribution in [0.4, 0.5) is 0 Å². The van der Waals surface area contributed by atoms with Gasteiger partial charge in [-0.15, -0.1) is 0 Å². The van der Waals surface area contributed by atoms with Gasteiger partial charge < -0.3 is 13.9 Å². The number of esters is 1. The Morgan fingerprint density at radius 1 is 0.968 bits per heavy atom. The monoisotopic (exact) mass is 409 g/mol. The van der Waals surface area contributed by atoms with Gasteiger partial charge in [0.05, 0.1) is 23.8 Å². The van der Waals surface area contributed by atoms with Crippen LogP contribution in [-0.4, -0.2) is 16.7 Å². The van der Waals surface area contributed by atoms with E-state index in [9.17, 15) is 9.59 Å². The molecule has 0 aliphatic carbocycles. The average molecular weight is 409 g/mol. The van der Waals surface area contributed by atoms with Crippen LogP contribution in [0.25, 0.3) is 17.0 Å². The Balaban J connectivity index is 1.54. The minimum absolute atomic E-state index is 0.145. The molecule has 2 aliphatic heterocycles. The second kappa shape index (κ2) is 6.67. The summed E-state index contributed by atoms with van der Waals surface area (Å²) in [6.45, 7) is 0. The summed E-state index contributed by atoms with van der Waals surface area (Å²) in [5.41, 5.74) is 2.92. The number of allylic oxidation sites excluding steroid dienone is 1. The number of carbonyl (C=O) groups excluding carboxylic acids is 2. The molecule has 6 rings (SSSR count). The molecule has 4 heterocycles. The van der Waals surface area contributed by atoms with Crippen LogP contribution in [0.5, 0.6) is 11.5 Å². The molecule has 6 heteroatoms. The van der Waals surface area contributed by atoms with E-state index in [0.717, 1.165) is 16.5 Å². The summed E-state index contributed by atoms with van der Waals surface area (Å²) in [5, 5.41) is 0.948. The first-order valence-electron chi connectivity index (χ1n) is 9.88. The van der Waals surface area contributed by atoms with Crippen molar-refractivity contribution in [1.82, 2.24) is 4.98 Å². The van der Waals surface area contributed by atoms with Crippen molar-refractivity contribution < 1.29 is 23.5 Å². The molecule has 4 aromatic rings. The first-order chi connectivity index (χ1) is 15.2. The van der Waals surface area contributed by atoms with E-state index >= 15 is 0 Å². The van der Waals surface area contributed by atoms with Crippen molar-refractivity contribution in [2.75, 3.05) is 0 Å². The lowest BCUT2D eigenvalue weighted by Crippen LogP contribution is -2.21. The molecule has 6 nitrogen and oxygen atoms in total. The van der Waals surface area contributed by atoms with Gasteiger partial charge in [-0.05, 0) is 42.0 Å². The summed E-state index contributed by atoms with van der Waals surface area (Å²) >= 11 is 0. The van der Waals surface area contributed by atoms with E-state index in [2.05, 4.69) is 4.98 Å². The molecule has 0 spiro atoms. The molecule has 2 aromatic heterocycles. The summed E-state index contributed by atoms with van der Waals surface area (Å²) in [5.74, 6) is 0.654. The number of hydrogen-bond acceptors (Lipinski definition) is 6. The Hall–Kier alpha value is -4.19. The van der Waals surface area contributed by atoms with E-state index in [0.29, 0.717) is 28.4 Å². The summed E-state index contributed by atoms with van der Waals surface area (Å²) < 4.78 is 16.9. The number of furan rings is 1. The molecule has 0 amide bonds. The zero-order valence-electron chi connectivity index (χ0n) is 16.2. The highest BCUT2D eigenvalue weighted by Gasteiger charge is 2.39. The lowest BCUT2D eigenvalue weighted by molar-refractivity contribution is -0.135. The Kier molecular flexibility index (Phi) is 3.80. The van der Waals surface area contributed by atoms with Crippen molar-refractivity contribution in [2.45, 2.75) is 12.3 Å². The quantitative estimate of drug-likeness (QED) is 0.267. The van der Waals surface area contributed by atoms with E-state index in [4.69, 9.17) is 13.9 Å². The van der Waals surface area contributed by atoms with Gasteiger partial charge in [0.15, 0.2) is 5.76 Å². The highest BCUT2D eigenvalue weighted by atomic mass is 16.5. The predicted molar refractivity (Wildman–Crippen MR) is 112 cm³/mol. The van der Waals surface area contributed by atoms with E-state index in [1.807, 2.05) is 30.3 Å². The second-order valence-electron chi connectivity index (χ2n) is 7.46.